The van der Waals surface area contributed by atoms with Gasteiger partial charge in [-0.1, -0.05) is 11.6 Å². The zero-order valence-electron chi connectivity index (χ0n) is 8.81. The van der Waals surface area contributed by atoms with Crippen LogP contribution in [0.2, 0.25) is 5.02 Å². The quantitative estimate of drug-likeness (QED) is 0.357. The zero-order valence-corrected chi connectivity index (χ0v) is 9.56. The normalized spacial score (nSPS) is 9.76. The monoisotopic (exact) mass is 257 g/mol. The number of benzene rings is 1. The van der Waals surface area contributed by atoms with E-state index in [1.54, 1.807) is 6.92 Å². The minimum absolute atomic E-state index is 0.00421. The van der Waals surface area contributed by atoms with Gasteiger partial charge in [0.1, 0.15) is 5.02 Å². The molecule has 0 amide bonds. The summed E-state index contributed by atoms with van der Waals surface area (Å²) >= 11 is 5.64. The summed E-state index contributed by atoms with van der Waals surface area (Å²) in [6.45, 7) is 1.77. The molecule has 6 nitrogen and oxygen atoms in total. The van der Waals surface area contributed by atoms with Crippen molar-refractivity contribution in [2.24, 2.45) is 0 Å². The highest BCUT2D eigenvalue weighted by molar-refractivity contribution is 6.33. The lowest BCUT2D eigenvalue weighted by Gasteiger charge is -2.04. The first-order valence-electron chi connectivity index (χ1n) is 4.61. The predicted molar refractivity (Wildman–Crippen MR) is 59.5 cm³/mol. The zero-order chi connectivity index (χ0) is 13.0. The van der Waals surface area contributed by atoms with Crippen LogP contribution in [-0.2, 0) is 4.74 Å². The van der Waals surface area contributed by atoms with E-state index in [0.29, 0.717) is 0 Å². The van der Waals surface area contributed by atoms with Crippen molar-refractivity contribution in [1.82, 2.24) is 0 Å². The van der Waals surface area contributed by atoms with Gasteiger partial charge in [0.25, 0.3) is 5.69 Å². The Morgan fingerprint density at radius 1 is 1.59 bits per heavy atom. The molecular weight excluding hydrogens is 250 g/mol. The largest absolute Gasteiger partial charge is 0.462 e. The number of nitrogens with zero attached hydrogens (tertiary/aromatic N) is 1. The van der Waals surface area contributed by atoms with E-state index in [9.17, 15) is 19.7 Å². The Morgan fingerprint density at radius 3 is 2.71 bits per heavy atom. The van der Waals surface area contributed by atoms with E-state index in [0.717, 1.165) is 12.1 Å². The molecule has 0 bridgehead atoms. The number of hydrogen-bond acceptors (Lipinski definition) is 5. The SMILES string of the molecule is CCOC(=O)c1cc(Cl)c([N+](=O)[O-])c(C=O)c1. The van der Waals surface area contributed by atoms with Gasteiger partial charge >= 0.3 is 5.97 Å². The van der Waals surface area contributed by atoms with Crippen LogP contribution in [0.25, 0.3) is 0 Å². The Kier molecular flexibility index (Phi) is 4.17. The van der Waals surface area contributed by atoms with E-state index in [1.807, 2.05) is 0 Å². The van der Waals surface area contributed by atoms with E-state index < -0.39 is 16.6 Å². The molecule has 0 fully saturated rings. The van der Waals surface area contributed by atoms with Crippen LogP contribution in [0.1, 0.15) is 27.6 Å². The van der Waals surface area contributed by atoms with E-state index in [1.165, 1.54) is 0 Å². The fourth-order valence-corrected chi connectivity index (χ4v) is 1.53. The average Bonchev–Trinajstić information content (AvgIpc) is 2.27. The molecule has 0 heterocycles. The number of carbonyl (C=O) groups is 2. The summed E-state index contributed by atoms with van der Waals surface area (Å²) in [4.78, 5) is 32.0. The summed E-state index contributed by atoms with van der Waals surface area (Å²) in [7, 11) is 0. The van der Waals surface area contributed by atoms with Gasteiger partial charge in [-0.05, 0) is 19.1 Å². The number of carbonyl (C=O) groups excluding carboxylic acids is 2. The number of rotatable bonds is 4. The molecule has 7 heteroatoms. The van der Waals surface area contributed by atoms with Gasteiger partial charge in [0.15, 0.2) is 6.29 Å². The van der Waals surface area contributed by atoms with Crippen LogP contribution >= 0.6 is 11.6 Å². The Balaban J connectivity index is 3.32. The van der Waals surface area contributed by atoms with Crippen LogP contribution in [0.15, 0.2) is 12.1 Å². The summed E-state index contributed by atoms with van der Waals surface area (Å²) in [5.74, 6) is -0.688. The second-order valence-electron chi connectivity index (χ2n) is 2.99. The minimum Gasteiger partial charge on any atom is -0.462 e. The lowest BCUT2D eigenvalue weighted by Crippen LogP contribution is -2.06. The highest BCUT2D eigenvalue weighted by Gasteiger charge is 2.22. The molecule has 0 aliphatic rings. The highest BCUT2D eigenvalue weighted by atomic mass is 35.5. The molecule has 1 aromatic carbocycles. The molecule has 0 aliphatic heterocycles. The van der Waals surface area contributed by atoms with E-state index in [4.69, 9.17) is 16.3 Å². The molecule has 0 N–H and O–H groups in total. The third-order valence-electron chi connectivity index (χ3n) is 1.91. The van der Waals surface area contributed by atoms with E-state index in [-0.39, 0.29) is 29.0 Å². The number of hydrogen-bond donors (Lipinski definition) is 0. The van der Waals surface area contributed by atoms with Crippen molar-refractivity contribution in [3.8, 4) is 0 Å². The third-order valence-corrected chi connectivity index (χ3v) is 2.20. The maximum Gasteiger partial charge on any atom is 0.338 e. The van der Waals surface area contributed by atoms with Gasteiger partial charge in [-0.3, -0.25) is 14.9 Å². The van der Waals surface area contributed by atoms with Crippen molar-refractivity contribution in [3.05, 3.63) is 38.4 Å². The fourth-order valence-electron chi connectivity index (χ4n) is 1.24. The van der Waals surface area contributed by atoms with Crippen LogP contribution in [0.4, 0.5) is 5.69 Å². The van der Waals surface area contributed by atoms with Crippen molar-refractivity contribution < 1.29 is 19.2 Å². The lowest BCUT2D eigenvalue weighted by atomic mass is 10.1. The number of nitro benzene ring substituents is 1. The second kappa shape index (κ2) is 5.40. The fraction of sp³-hybridized carbons (Fsp3) is 0.200. The first-order valence-corrected chi connectivity index (χ1v) is 4.99. The number of ether oxygens (including phenoxy) is 1. The smallest absolute Gasteiger partial charge is 0.338 e. The molecule has 0 unspecified atom stereocenters. The molecule has 1 aromatic rings. The second-order valence-corrected chi connectivity index (χ2v) is 3.40. The van der Waals surface area contributed by atoms with Crippen LogP contribution in [0, 0.1) is 10.1 Å². The molecule has 0 radical (unpaired) electrons. The maximum absolute atomic E-state index is 11.4. The number of halogens is 1. The van der Waals surface area contributed by atoms with Crippen molar-refractivity contribution in [2.45, 2.75) is 6.92 Å². The van der Waals surface area contributed by atoms with Crippen molar-refractivity contribution >= 4 is 29.5 Å². The van der Waals surface area contributed by atoms with E-state index in [2.05, 4.69) is 0 Å². The molecule has 0 aromatic heterocycles. The van der Waals surface area contributed by atoms with Gasteiger partial charge in [-0.2, -0.15) is 0 Å². The van der Waals surface area contributed by atoms with Crippen LogP contribution in [0.3, 0.4) is 0 Å². The summed E-state index contributed by atoms with van der Waals surface area (Å²) < 4.78 is 4.70. The number of aldehydes is 1. The summed E-state index contributed by atoms with van der Waals surface area (Å²) in [6.07, 6.45) is 0.271. The minimum atomic E-state index is -0.777. The van der Waals surface area contributed by atoms with Gasteiger partial charge in [0.05, 0.1) is 22.7 Å². The first kappa shape index (κ1) is 13.1. The molecule has 0 saturated heterocycles. The van der Waals surface area contributed by atoms with Gasteiger partial charge in [-0.15, -0.1) is 0 Å². The summed E-state index contributed by atoms with van der Waals surface area (Å²) in [5.41, 5.74) is -0.773. The van der Waals surface area contributed by atoms with Gasteiger partial charge < -0.3 is 4.74 Å². The third kappa shape index (κ3) is 2.79. The van der Waals surface area contributed by atoms with Gasteiger partial charge in [-0.25, -0.2) is 4.79 Å². The molecule has 0 saturated carbocycles. The molecule has 0 aliphatic carbocycles. The topological polar surface area (TPSA) is 86.5 Å². The van der Waals surface area contributed by atoms with Crippen LogP contribution in [0.5, 0.6) is 0 Å². The average molecular weight is 258 g/mol. The Morgan fingerprint density at radius 2 is 2.24 bits per heavy atom. The summed E-state index contributed by atoms with van der Waals surface area (Å²) in [5, 5.41) is 10.4. The predicted octanol–water partition coefficient (Wildman–Crippen LogP) is 2.24. The molecular formula is C10H8ClNO5. The molecule has 0 atom stereocenters. The Hall–Kier alpha value is -1.95. The highest BCUT2D eigenvalue weighted by Crippen LogP contribution is 2.29. The maximum atomic E-state index is 11.4. The van der Waals surface area contributed by atoms with Crippen LogP contribution in [-0.4, -0.2) is 23.8 Å². The van der Waals surface area contributed by atoms with Crippen molar-refractivity contribution in [3.63, 3.8) is 0 Å². The van der Waals surface area contributed by atoms with Crippen molar-refractivity contribution in [1.29, 1.82) is 0 Å². The van der Waals surface area contributed by atoms with Crippen LogP contribution < -0.4 is 0 Å². The first-order chi connectivity index (χ1) is 8.01. The Bertz CT molecular complexity index is 486. The standard InChI is InChI=1S/C10H8ClNO5/c1-2-17-10(14)6-3-7(5-13)9(12(15)16)8(11)4-6/h3-5H,2H2,1H3. The van der Waals surface area contributed by atoms with Gasteiger partial charge in [0.2, 0.25) is 0 Å². The lowest BCUT2D eigenvalue weighted by molar-refractivity contribution is -0.384. The molecule has 17 heavy (non-hydrogen) atoms. The van der Waals surface area contributed by atoms with E-state index >= 15 is 0 Å². The summed E-state index contributed by atoms with van der Waals surface area (Å²) in [6, 6.07) is 2.18. The molecule has 90 valence electrons. The number of esters is 1. The van der Waals surface area contributed by atoms with Gasteiger partial charge in [0, 0.05) is 0 Å². The number of nitro groups is 1. The molecule has 1 rings (SSSR count). The Labute approximate surface area is 101 Å². The van der Waals surface area contributed by atoms with Crippen molar-refractivity contribution in [2.75, 3.05) is 6.61 Å². The molecule has 0 spiro atoms.